The number of carboxylic acids is 1. The molecule has 0 radical (unpaired) electrons. The SMILES string of the molecule is CCS(=O)(=O)N1C(=O)CCCC1C(=O)O. The minimum atomic E-state index is -3.76. The van der Waals surface area contributed by atoms with E-state index in [4.69, 9.17) is 5.11 Å². The van der Waals surface area contributed by atoms with Gasteiger partial charge in [-0.1, -0.05) is 0 Å². The van der Waals surface area contributed by atoms with Gasteiger partial charge in [-0.3, -0.25) is 4.79 Å². The van der Waals surface area contributed by atoms with Crippen molar-refractivity contribution >= 4 is 21.9 Å². The number of nitrogens with zero attached hydrogens (tertiary/aromatic N) is 1. The molecule has 0 aromatic carbocycles. The minimum Gasteiger partial charge on any atom is -0.480 e. The fourth-order valence-corrected chi connectivity index (χ4v) is 2.82. The first kappa shape index (κ1) is 12.0. The van der Waals surface area contributed by atoms with Crippen LogP contribution in [0.25, 0.3) is 0 Å². The van der Waals surface area contributed by atoms with Crippen LogP contribution >= 0.6 is 0 Å². The van der Waals surface area contributed by atoms with Gasteiger partial charge in [-0.05, 0) is 19.8 Å². The molecule has 0 aromatic rings. The van der Waals surface area contributed by atoms with Gasteiger partial charge in [-0.15, -0.1) is 0 Å². The normalized spacial score (nSPS) is 22.9. The van der Waals surface area contributed by atoms with Crippen molar-refractivity contribution in [2.75, 3.05) is 5.75 Å². The van der Waals surface area contributed by atoms with E-state index in [0.29, 0.717) is 10.7 Å². The third-order valence-corrected chi connectivity index (χ3v) is 4.13. The van der Waals surface area contributed by atoms with E-state index in [1.54, 1.807) is 0 Å². The largest absolute Gasteiger partial charge is 0.480 e. The Morgan fingerprint density at radius 3 is 2.67 bits per heavy atom. The van der Waals surface area contributed by atoms with Gasteiger partial charge in [0, 0.05) is 6.42 Å². The molecule has 1 saturated heterocycles. The van der Waals surface area contributed by atoms with Crippen LogP contribution < -0.4 is 0 Å². The highest BCUT2D eigenvalue weighted by Crippen LogP contribution is 2.22. The Labute approximate surface area is 87.9 Å². The van der Waals surface area contributed by atoms with Gasteiger partial charge < -0.3 is 5.11 Å². The number of carbonyl (C=O) groups excluding carboxylic acids is 1. The molecule has 1 aliphatic heterocycles. The van der Waals surface area contributed by atoms with Crippen LogP contribution in [0.2, 0.25) is 0 Å². The first-order valence-electron chi connectivity index (χ1n) is 4.68. The molecule has 1 unspecified atom stereocenters. The van der Waals surface area contributed by atoms with Crippen molar-refractivity contribution < 1.29 is 23.1 Å². The lowest BCUT2D eigenvalue weighted by Gasteiger charge is -2.31. The standard InChI is InChI=1S/C8H13NO5S/c1-2-15(13,14)9-6(8(11)12)4-3-5-7(9)10/h6H,2-5H2,1H3,(H,11,12). The van der Waals surface area contributed by atoms with Gasteiger partial charge in [0.15, 0.2) is 0 Å². The van der Waals surface area contributed by atoms with E-state index in [9.17, 15) is 18.0 Å². The summed E-state index contributed by atoms with van der Waals surface area (Å²) in [5.74, 6) is -2.14. The summed E-state index contributed by atoms with van der Waals surface area (Å²) >= 11 is 0. The lowest BCUT2D eigenvalue weighted by Crippen LogP contribution is -2.51. The summed E-state index contributed by atoms with van der Waals surface area (Å²) in [6, 6.07) is -1.23. The first-order valence-corrected chi connectivity index (χ1v) is 6.28. The smallest absolute Gasteiger partial charge is 0.327 e. The maximum Gasteiger partial charge on any atom is 0.327 e. The van der Waals surface area contributed by atoms with Crippen molar-refractivity contribution in [2.24, 2.45) is 0 Å². The van der Waals surface area contributed by atoms with Gasteiger partial charge in [0.1, 0.15) is 6.04 Å². The van der Waals surface area contributed by atoms with E-state index in [2.05, 4.69) is 0 Å². The van der Waals surface area contributed by atoms with Gasteiger partial charge in [-0.25, -0.2) is 17.5 Å². The molecule has 1 atom stereocenters. The highest BCUT2D eigenvalue weighted by atomic mass is 32.2. The molecule has 86 valence electrons. The second-order valence-corrected chi connectivity index (χ2v) is 5.47. The maximum absolute atomic E-state index is 11.5. The number of aliphatic carboxylic acids is 1. The molecular formula is C8H13NO5S. The van der Waals surface area contributed by atoms with Crippen molar-refractivity contribution in [1.82, 2.24) is 4.31 Å². The molecule has 1 amide bonds. The van der Waals surface area contributed by atoms with Crippen LogP contribution in [-0.2, 0) is 19.6 Å². The molecule has 15 heavy (non-hydrogen) atoms. The van der Waals surface area contributed by atoms with Crippen molar-refractivity contribution in [3.63, 3.8) is 0 Å². The summed E-state index contributed by atoms with van der Waals surface area (Å²) < 4.78 is 23.6. The summed E-state index contributed by atoms with van der Waals surface area (Å²) in [6.07, 6.45) is 0.717. The van der Waals surface area contributed by atoms with Crippen LogP contribution in [0.4, 0.5) is 0 Å². The van der Waals surface area contributed by atoms with Crippen molar-refractivity contribution in [3.8, 4) is 0 Å². The van der Waals surface area contributed by atoms with Gasteiger partial charge in [0.05, 0.1) is 5.75 Å². The predicted octanol–water partition coefficient (Wildman–Crippen LogP) is -0.198. The van der Waals surface area contributed by atoms with E-state index in [0.717, 1.165) is 0 Å². The molecule has 0 bridgehead atoms. The van der Waals surface area contributed by atoms with Crippen LogP contribution in [0.15, 0.2) is 0 Å². The number of carbonyl (C=O) groups is 2. The van der Waals surface area contributed by atoms with Gasteiger partial charge in [-0.2, -0.15) is 0 Å². The number of piperidine rings is 1. The highest BCUT2D eigenvalue weighted by molar-refractivity contribution is 7.89. The summed E-state index contributed by atoms with van der Waals surface area (Å²) in [4.78, 5) is 22.2. The van der Waals surface area contributed by atoms with Gasteiger partial charge >= 0.3 is 5.97 Å². The molecular weight excluding hydrogens is 222 g/mol. The predicted molar refractivity (Wildman–Crippen MR) is 51.6 cm³/mol. The van der Waals surface area contributed by atoms with Crippen molar-refractivity contribution in [2.45, 2.75) is 32.2 Å². The van der Waals surface area contributed by atoms with Crippen LogP contribution in [0.3, 0.4) is 0 Å². The third kappa shape index (κ3) is 2.28. The third-order valence-electron chi connectivity index (χ3n) is 2.35. The quantitative estimate of drug-likeness (QED) is 0.731. The van der Waals surface area contributed by atoms with Crippen molar-refractivity contribution in [3.05, 3.63) is 0 Å². The summed E-state index contributed by atoms with van der Waals surface area (Å²) in [6.45, 7) is 1.39. The van der Waals surface area contributed by atoms with E-state index in [-0.39, 0.29) is 18.6 Å². The number of hydrogen-bond donors (Lipinski definition) is 1. The van der Waals surface area contributed by atoms with Gasteiger partial charge in [0.25, 0.3) is 0 Å². The Morgan fingerprint density at radius 1 is 1.60 bits per heavy atom. The summed E-state index contributed by atoms with van der Waals surface area (Å²) in [5.41, 5.74) is 0. The summed E-state index contributed by atoms with van der Waals surface area (Å²) in [5, 5.41) is 8.83. The molecule has 6 nitrogen and oxygen atoms in total. The second kappa shape index (κ2) is 4.18. The second-order valence-electron chi connectivity index (χ2n) is 3.34. The van der Waals surface area contributed by atoms with E-state index in [1.807, 2.05) is 0 Å². The Balaban J connectivity index is 3.08. The van der Waals surface area contributed by atoms with Gasteiger partial charge in [0.2, 0.25) is 15.9 Å². The molecule has 0 aliphatic carbocycles. The molecule has 7 heteroatoms. The zero-order chi connectivity index (χ0) is 11.6. The lowest BCUT2D eigenvalue weighted by atomic mass is 10.0. The Hall–Kier alpha value is -1.11. The molecule has 0 aromatic heterocycles. The van der Waals surface area contributed by atoms with Crippen LogP contribution in [-0.4, -0.2) is 41.5 Å². The number of carboxylic acid groups (broad SMARTS) is 1. The molecule has 1 rings (SSSR count). The van der Waals surface area contributed by atoms with Crippen LogP contribution in [0.5, 0.6) is 0 Å². The molecule has 1 aliphatic rings. The number of sulfonamides is 1. The van der Waals surface area contributed by atoms with E-state index in [1.165, 1.54) is 6.92 Å². The average molecular weight is 235 g/mol. The average Bonchev–Trinajstić information content (AvgIpc) is 2.17. The minimum absolute atomic E-state index is 0.100. The highest BCUT2D eigenvalue weighted by Gasteiger charge is 2.39. The molecule has 1 fully saturated rings. The van der Waals surface area contributed by atoms with Crippen molar-refractivity contribution in [1.29, 1.82) is 0 Å². The number of rotatable bonds is 3. The Morgan fingerprint density at radius 2 is 2.20 bits per heavy atom. The summed E-state index contributed by atoms with van der Waals surface area (Å²) in [7, 11) is -3.76. The fourth-order valence-electron chi connectivity index (χ4n) is 1.56. The molecule has 1 N–H and O–H groups in total. The van der Waals surface area contributed by atoms with Crippen LogP contribution in [0, 0.1) is 0 Å². The monoisotopic (exact) mass is 235 g/mol. The zero-order valence-electron chi connectivity index (χ0n) is 8.34. The molecule has 1 heterocycles. The Kier molecular flexibility index (Phi) is 3.33. The number of hydrogen-bond acceptors (Lipinski definition) is 4. The molecule has 0 spiro atoms. The maximum atomic E-state index is 11.5. The topological polar surface area (TPSA) is 91.8 Å². The fraction of sp³-hybridized carbons (Fsp3) is 0.750. The van der Waals surface area contributed by atoms with E-state index >= 15 is 0 Å². The van der Waals surface area contributed by atoms with E-state index < -0.39 is 27.9 Å². The lowest BCUT2D eigenvalue weighted by molar-refractivity contribution is -0.148. The molecule has 0 saturated carbocycles. The van der Waals surface area contributed by atoms with Crippen LogP contribution in [0.1, 0.15) is 26.2 Å². The number of amides is 1. The first-order chi connectivity index (χ1) is 6.90. The zero-order valence-corrected chi connectivity index (χ0v) is 9.16. The Bertz CT molecular complexity index is 374.